The molecule has 3 rings (SSSR count). The molecule has 1 saturated heterocycles. The number of fused-ring (bicyclic) bond motifs is 2. The minimum atomic E-state index is -0.894. The standard InChI is InChI=1S/C19H22Br2FN3O3S/c1-19(2,3)28-18(27)25-11-5-4-9(6-11)15(25)17(26)24-10(8-23)7-12-14(22)13(20)16(21)29-12/h9-11,15H,4-7H2,1-3H3,(H,24,26). The first-order chi connectivity index (χ1) is 13.5. The number of ether oxygens (including phenoxy) is 1. The van der Waals surface area contributed by atoms with Crippen molar-refractivity contribution in [2.75, 3.05) is 0 Å². The molecule has 0 radical (unpaired) electrons. The summed E-state index contributed by atoms with van der Waals surface area (Å²) in [6.07, 6.45) is 2.01. The van der Waals surface area contributed by atoms with Gasteiger partial charge in [-0.05, 0) is 77.8 Å². The molecule has 2 fully saturated rings. The van der Waals surface area contributed by atoms with Gasteiger partial charge >= 0.3 is 6.09 Å². The summed E-state index contributed by atoms with van der Waals surface area (Å²) in [5.74, 6) is -0.773. The highest BCUT2D eigenvalue weighted by atomic mass is 79.9. The van der Waals surface area contributed by atoms with E-state index in [1.54, 1.807) is 20.8 Å². The summed E-state index contributed by atoms with van der Waals surface area (Å²) in [5, 5.41) is 12.2. The number of hydrogen-bond donors (Lipinski definition) is 1. The Kier molecular flexibility index (Phi) is 6.61. The third-order valence-corrected chi connectivity index (χ3v) is 8.54. The topological polar surface area (TPSA) is 82.4 Å². The van der Waals surface area contributed by atoms with E-state index < -0.39 is 29.6 Å². The maximum Gasteiger partial charge on any atom is 0.411 e. The van der Waals surface area contributed by atoms with E-state index in [1.807, 2.05) is 6.07 Å². The van der Waals surface area contributed by atoms with E-state index >= 15 is 0 Å². The van der Waals surface area contributed by atoms with Crippen LogP contribution in [0.15, 0.2) is 8.26 Å². The minimum absolute atomic E-state index is 0.0206. The number of hydrogen-bond acceptors (Lipinski definition) is 5. The highest BCUT2D eigenvalue weighted by molar-refractivity contribution is 9.13. The number of carbonyl (C=O) groups is 2. The van der Waals surface area contributed by atoms with Gasteiger partial charge in [-0.25, -0.2) is 9.18 Å². The van der Waals surface area contributed by atoms with Gasteiger partial charge < -0.3 is 10.1 Å². The van der Waals surface area contributed by atoms with Crippen LogP contribution in [0.4, 0.5) is 9.18 Å². The number of nitrogens with one attached hydrogen (secondary N) is 1. The zero-order valence-electron chi connectivity index (χ0n) is 16.3. The molecule has 2 heterocycles. The fourth-order valence-corrected chi connectivity index (χ4v) is 6.22. The first kappa shape index (κ1) is 22.5. The van der Waals surface area contributed by atoms with Gasteiger partial charge in [0.1, 0.15) is 17.7 Å². The van der Waals surface area contributed by atoms with E-state index in [2.05, 4.69) is 37.2 Å². The fourth-order valence-electron chi connectivity index (χ4n) is 4.01. The van der Waals surface area contributed by atoms with Crippen molar-refractivity contribution < 1.29 is 18.7 Å². The third-order valence-electron chi connectivity index (χ3n) is 5.14. The Morgan fingerprint density at radius 1 is 1.41 bits per heavy atom. The van der Waals surface area contributed by atoms with Gasteiger partial charge in [-0.15, -0.1) is 11.3 Å². The summed E-state index contributed by atoms with van der Waals surface area (Å²) in [6, 6.07) is 0.454. The largest absolute Gasteiger partial charge is 0.444 e. The Balaban J connectivity index is 1.72. The fraction of sp³-hybridized carbons (Fsp3) is 0.632. The van der Waals surface area contributed by atoms with Crippen LogP contribution in [0, 0.1) is 23.1 Å². The monoisotopic (exact) mass is 549 g/mol. The smallest absolute Gasteiger partial charge is 0.411 e. The molecule has 2 aliphatic rings. The Labute approximate surface area is 190 Å². The summed E-state index contributed by atoms with van der Waals surface area (Å²) < 4.78 is 20.6. The second kappa shape index (κ2) is 8.52. The Morgan fingerprint density at radius 2 is 2.10 bits per heavy atom. The lowest BCUT2D eigenvalue weighted by Gasteiger charge is -2.35. The lowest BCUT2D eigenvalue weighted by Crippen LogP contribution is -2.55. The molecule has 29 heavy (non-hydrogen) atoms. The van der Waals surface area contributed by atoms with Gasteiger partial charge in [0.2, 0.25) is 5.91 Å². The molecule has 4 atom stereocenters. The number of piperidine rings is 1. The van der Waals surface area contributed by atoms with E-state index in [1.165, 1.54) is 16.2 Å². The summed E-state index contributed by atoms with van der Waals surface area (Å²) in [7, 11) is 0. The molecule has 1 saturated carbocycles. The molecule has 1 aromatic heterocycles. The van der Waals surface area contributed by atoms with E-state index in [-0.39, 0.29) is 24.3 Å². The van der Waals surface area contributed by atoms with Gasteiger partial charge in [0, 0.05) is 17.3 Å². The van der Waals surface area contributed by atoms with Gasteiger partial charge in [0.05, 0.1) is 14.3 Å². The highest BCUT2D eigenvalue weighted by Crippen LogP contribution is 2.43. The van der Waals surface area contributed by atoms with Crippen molar-refractivity contribution in [3.63, 3.8) is 0 Å². The molecule has 158 valence electrons. The Morgan fingerprint density at radius 3 is 2.66 bits per heavy atom. The number of halogens is 3. The van der Waals surface area contributed by atoms with E-state index in [4.69, 9.17) is 4.74 Å². The van der Waals surface area contributed by atoms with Crippen molar-refractivity contribution in [1.29, 1.82) is 5.26 Å². The van der Waals surface area contributed by atoms with Gasteiger partial charge in [0.25, 0.3) is 0 Å². The second-order valence-electron chi connectivity index (χ2n) is 8.38. The summed E-state index contributed by atoms with van der Waals surface area (Å²) in [6.45, 7) is 5.35. The quantitative estimate of drug-likeness (QED) is 0.586. The van der Waals surface area contributed by atoms with Crippen molar-refractivity contribution in [3.8, 4) is 6.07 Å². The minimum Gasteiger partial charge on any atom is -0.444 e. The number of nitrogens with zero attached hydrogens (tertiary/aromatic N) is 2. The number of carbonyl (C=O) groups excluding carboxylic acids is 2. The molecule has 1 aliphatic carbocycles. The van der Waals surface area contributed by atoms with Gasteiger partial charge in [-0.3, -0.25) is 9.69 Å². The molecule has 2 bridgehead atoms. The maximum atomic E-state index is 14.2. The van der Waals surface area contributed by atoms with Crippen molar-refractivity contribution in [3.05, 3.63) is 19.0 Å². The number of likely N-dealkylation sites (tertiary alicyclic amines) is 1. The van der Waals surface area contributed by atoms with Gasteiger partial charge in [-0.2, -0.15) is 5.26 Å². The van der Waals surface area contributed by atoms with Crippen LogP contribution in [0.5, 0.6) is 0 Å². The van der Waals surface area contributed by atoms with Crippen molar-refractivity contribution in [2.45, 2.75) is 70.2 Å². The molecular weight excluding hydrogens is 529 g/mol. The average Bonchev–Trinajstić information content (AvgIpc) is 3.30. The van der Waals surface area contributed by atoms with E-state index in [0.29, 0.717) is 13.1 Å². The van der Waals surface area contributed by atoms with Crippen LogP contribution in [0.2, 0.25) is 0 Å². The first-order valence-electron chi connectivity index (χ1n) is 9.35. The molecule has 2 amide bonds. The molecule has 0 aromatic carbocycles. The van der Waals surface area contributed by atoms with Crippen LogP contribution in [0.1, 0.15) is 44.9 Å². The normalized spacial score (nSPS) is 24.3. The molecule has 6 nitrogen and oxygen atoms in total. The predicted molar refractivity (Wildman–Crippen MR) is 114 cm³/mol. The second-order valence-corrected chi connectivity index (χ2v) is 11.6. The predicted octanol–water partition coefficient (Wildman–Crippen LogP) is 4.75. The average molecular weight is 551 g/mol. The lowest BCUT2D eigenvalue weighted by molar-refractivity contribution is -0.128. The van der Waals surface area contributed by atoms with Crippen molar-refractivity contribution in [2.24, 2.45) is 5.92 Å². The third kappa shape index (κ3) is 4.78. The summed E-state index contributed by atoms with van der Waals surface area (Å²) in [4.78, 5) is 27.6. The number of thiophene rings is 1. The SMILES string of the molecule is CC(C)(C)OC(=O)N1C2CCC(C2)C1C(=O)NC(C#N)Cc1sc(Br)c(Br)c1F. The molecule has 1 N–H and O–H groups in total. The van der Waals surface area contributed by atoms with Gasteiger partial charge in [-0.1, -0.05) is 0 Å². The Hall–Kier alpha value is -1.18. The van der Waals surface area contributed by atoms with Crippen LogP contribution >= 0.6 is 43.2 Å². The van der Waals surface area contributed by atoms with Crippen molar-refractivity contribution in [1.82, 2.24) is 10.2 Å². The van der Waals surface area contributed by atoms with E-state index in [0.717, 1.165) is 19.3 Å². The van der Waals surface area contributed by atoms with Crippen LogP contribution < -0.4 is 5.32 Å². The maximum absolute atomic E-state index is 14.2. The zero-order valence-corrected chi connectivity index (χ0v) is 20.3. The first-order valence-corrected chi connectivity index (χ1v) is 11.8. The summed E-state index contributed by atoms with van der Waals surface area (Å²) >= 11 is 7.58. The van der Waals surface area contributed by atoms with E-state index in [9.17, 15) is 19.2 Å². The zero-order chi connectivity index (χ0) is 21.5. The van der Waals surface area contributed by atoms with Crippen molar-refractivity contribution >= 4 is 55.2 Å². The molecule has 1 aliphatic heterocycles. The summed E-state index contributed by atoms with van der Waals surface area (Å²) in [5.41, 5.74) is -0.660. The molecule has 10 heteroatoms. The van der Waals surface area contributed by atoms with Gasteiger partial charge in [0.15, 0.2) is 5.82 Å². The molecule has 1 aromatic rings. The molecule has 0 spiro atoms. The molecular formula is C19H22Br2FN3O3S. The van der Waals surface area contributed by atoms with Crippen LogP contribution in [0.25, 0.3) is 0 Å². The lowest BCUT2D eigenvalue weighted by atomic mass is 9.97. The number of nitriles is 1. The number of amides is 2. The highest BCUT2D eigenvalue weighted by Gasteiger charge is 2.52. The van der Waals surface area contributed by atoms with Crippen LogP contribution in [0.3, 0.4) is 0 Å². The molecule has 4 unspecified atom stereocenters. The van der Waals surface area contributed by atoms with Crippen LogP contribution in [-0.4, -0.2) is 40.6 Å². The van der Waals surface area contributed by atoms with Crippen LogP contribution in [-0.2, 0) is 16.0 Å². The number of rotatable bonds is 4. The Bertz CT molecular complexity index is 864.